The number of aryl methyl sites for hydroxylation is 1. The van der Waals surface area contributed by atoms with Gasteiger partial charge in [-0.15, -0.1) is 0 Å². The van der Waals surface area contributed by atoms with E-state index < -0.39 is 29.2 Å². The third kappa shape index (κ3) is 5.42. The molecule has 0 radical (unpaired) electrons. The first-order chi connectivity index (χ1) is 20.1. The summed E-state index contributed by atoms with van der Waals surface area (Å²) >= 11 is 0. The maximum Gasteiger partial charge on any atom is 0.416 e. The summed E-state index contributed by atoms with van der Waals surface area (Å²) < 4.78 is 45.5. The summed E-state index contributed by atoms with van der Waals surface area (Å²) in [7, 11) is 0. The van der Waals surface area contributed by atoms with Crippen molar-refractivity contribution in [2.24, 2.45) is 0 Å². The molecule has 7 nitrogen and oxygen atoms in total. The van der Waals surface area contributed by atoms with E-state index in [0.717, 1.165) is 36.6 Å². The standard InChI is InChI=1S/C32H28F3N3O4/c33-32(34,35)22-9-4-7-20(17-22)27(39)29(41)38-16-6-13-26-25(19-38)28(40)37-30(36-26)31(14-15-31)21-8-5-12-24(18-21)42-23-10-2-1-3-11-23/h1-5,7-12,17-18,27,39H,6,13-16,19H2,(H,36,37,40)/t27-/m1/s1. The predicted molar refractivity (Wildman–Crippen MR) is 148 cm³/mol. The van der Waals surface area contributed by atoms with Crippen LogP contribution < -0.4 is 10.3 Å². The molecule has 1 atom stereocenters. The summed E-state index contributed by atoms with van der Waals surface area (Å²) in [6.07, 6.45) is -3.86. The molecule has 0 saturated heterocycles. The van der Waals surface area contributed by atoms with Crippen LogP contribution in [0, 0.1) is 0 Å². The number of aromatic nitrogens is 2. The highest BCUT2D eigenvalue weighted by atomic mass is 19.4. The van der Waals surface area contributed by atoms with Crippen molar-refractivity contribution < 1.29 is 27.8 Å². The number of aromatic amines is 1. The molecule has 10 heteroatoms. The number of carbonyl (C=O) groups is 1. The first-order valence-corrected chi connectivity index (χ1v) is 13.7. The fourth-order valence-corrected chi connectivity index (χ4v) is 5.51. The highest BCUT2D eigenvalue weighted by Gasteiger charge is 2.49. The van der Waals surface area contributed by atoms with Crippen LogP contribution in [0.2, 0.25) is 0 Å². The molecule has 2 aliphatic rings. The third-order valence-electron chi connectivity index (χ3n) is 7.94. The predicted octanol–water partition coefficient (Wildman–Crippen LogP) is 5.67. The molecule has 1 aliphatic carbocycles. The van der Waals surface area contributed by atoms with Gasteiger partial charge in [-0.3, -0.25) is 9.59 Å². The average molecular weight is 576 g/mol. The van der Waals surface area contributed by atoms with Crippen LogP contribution in [-0.4, -0.2) is 32.4 Å². The van der Waals surface area contributed by atoms with Crippen molar-refractivity contribution in [1.82, 2.24) is 14.9 Å². The molecule has 0 unspecified atom stereocenters. The summed E-state index contributed by atoms with van der Waals surface area (Å²) in [5, 5.41) is 10.7. The molecule has 1 aromatic heterocycles. The van der Waals surface area contributed by atoms with E-state index in [1.165, 1.54) is 11.0 Å². The van der Waals surface area contributed by atoms with Crippen LogP contribution in [-0.2, 0) is 29.4 Å². The second-order valence-corrected chi connectivity index (χ2v) is 10.8. The number of benzene rings is 3. The van der Waals surface area contributed by atoms with E-state index in [9.17, 15) is 27.9 Å². The highest BCUT2D eigenvalue weighted by Crippen LogP contribution is 2.52. The fraction of sp³-hybridized carbons (Fsp3) is 0.281. The Hall–Kier alpha value is -4.44. The fourth-order valence-electron chi connectivity index (χ4n) is 5.51. The van der Waals surface area contributed by atoms with Crippen LogP contribution in [0.3, 0.4) is 0 Å². The number of ether oxygens (including phenoxy) is 1. The van der Waals surface area contributed by atoms with Crippen molar-refractivity contribution in [3.63, 3.8) is 0 Å². The van der Waals surface area contributed by atoms with Crippen LogP contribution in [0.15, 0.2) is 83.7 Å². The Balaban J connectivity index is 1.24. The normalized spacial score (nSPS) is 16.7. The van der Waals surface area contributed by atoms with Gasteiger partial charge < -0.3 is 19.7 Å². The Morgan fingerprint density at radius 1 is 1.00 bits per heavy atom. The van der Waals surface area contributed by atoms with Gasteiger partial charge in [0.15, 0.2) is 6.10 Å². The Bertz CT molecular complexity index is 1680. The molecule has 1 amide bonds. The van der Waals surface area contributed by atoms with Gasteiger partial charge in [0, 0.05) is 6.54 Å². The molecule has 0 spiro atoms. The molecular weight excluding hydrogens is 547 g/mol. The van der Waals surface area contributed by atoms with E-state index in [2.05, 4.69) is 4.98 Å². The molecule has 0 bridgehead atoms. The van der Waals surface area contributed by atoms with Gasteiger partial charge in [0.1, 0.15) is 17.3 Å². The van der Waals surface area contributed by atoms with Gasteiger partial charge in [-0.25, -0.2) is 4.98 Å². The molecule has 42 heavy (non-hydrogen) atoms. The van der Waals surface area contributed by atoms with Crippen LogP contribution in [0.1, 0.15) is 59.1 Å². The molecular formula is C32H28F3N3O4. The zero-order chi connectivity index (χ0) is 29.5. The van der Waals surface area contributed by atoms with E-state index in [-0.39, 0.29) is 24.2 Å². The van der Waals surface area contributed by atoms with Gasteiger partial charge in [-0.2, -0.15) is 13.2 Å². The van der Waals surface area contributed by atoms with Gasteiger partial charge in [0.2, 0.25) is 0 Å². The summed E-state index contributed by atoms with van der Waals surface area (Å²) in [6.45, 7) is 0.129. The lowest BCUT2D eigenvalue weighted by Crippen LogP contribution is -2.36. The van der Waals surface area contributed by atoms with E-state index >= 15 is 0 Å². The first kappa shape index (κ1) is 27.7. The van der Waals surface area contributed by atoms with E-state index in [4.69, 9.17) is 9.72 Å². The van der Waals surface area contributed by atoms with Crippen LogP contribution in [0.4, 0.5) is 13.2 Å². The number of aliphatic hydroxyl groups is 1. The summed E-state index contributed by atoms with van der Waals surface area (Å²) in [4.78, 5) is 35.7. The minimum atomic E-state index is -4.61. The number of alkyl halides is 3. The Kier molecular flexibility index (Phi) is 7.10. The number of halogens is 3. The lowest BCUT2D eigenvalue weighted by atomic mass is 9.94. The minimum Gasteiger partial charge on any atom is -0.457 e. The van der Waals surface area contributed by atoms with Gasteiger partial charge in [-0.05, 0) is 73.2 Å². The topological polar surface area (TPSA) is 95.5 Å². The van der Waals surface area contributed by atoms with Gasteiger partial charge in [0.05, 0.1) is 28.8 Å². The van der Waals surface area contributed by atoms with Crippen LogP contribution in [0.5, 0.6) is 11.5 Å². The molecule has 3 aromatic carbocycles. The number of amides is 1. The zero-order valence-corrected chi connectivity index (χ0v) is 22.5. The Labute approximate surface area is 239 Å². The van der Waals surface area contributed by atoms with Gasteiger partial charge in [-0.1, -0.05) is 42.5 Å². The molecule has 1 aliphatic heterocycles. The second kappa shape index (κ2) is 10.8. The maximum absolute atomic E-state index is 13.4. The highest BCUT2D eigenvalue weighted by molar-refractivity contribution is 5.82. The largest absolute Gasteiger partial charge is 0.457 e. The number of nitrogens with zero attached hydrogens (tertiary/aromatic N) is 2. The Morgan fingerprint density at radius 3 is 2.48 bits per heavy atom. The van der Waals surface area contributed by atoms with Crippen molar-refractivity contribution in [2.75, 3.05) is 6.54 Å². The number of aliphatic hydroxyl groups excluding tert-OH is 1. The smallest absolute Gasteiger partial charge is 0.416 e. The van der Waals surface area contributed by atoms with Crippen molar-refractivity contribution in [1.29, 1.82) is 0 Å². The number of hydrogen-bond donors (Lipinski definition) is 2. The van der Waals surface area contributed by atoms with Gasteiger partial charge in [0.25, 0.3) is 11.5 Å². The summed E-state index contributed by atoms with van der Waals surface area (Å²) in [6, 6.07) is 21.3. The van der Waals surface area contributed by atoms with E-state index in [1.54, 1.807) is 0 Å². The first-order valence-electron chi connectivity index (χ1n) is 13.7. The van der Waals surface area contributed by atoms with Gasteiger partial charge >= 0.3 is 6.18 Å². The minimum absolute atomic E-state index is 0.0970. The number of rotatable bonds is 6. The lowest BCUT2D eigenvalue weighted by molar-refractivity contribution is -0.142. The van der Waals surface area contributed by atoms with Crippen molar-refractivity contribution in [3.8, 4) is 11.5 Å². The number of hydrogen-bond acceptors (Lipinski definition) is 5. The summed E-state index contributed by atoms with van der Waals surface area (Å²) in [5.41, 5.74) is -0.0485. The van der Waals surface area contributed by atoms with Crippen molar-refractivity contribution in [2.45, 2.75) is 49.9 Å². The molecule has 2 N–H and O–H groups in total. The van der Waals surface area contributed by atoms with Crippen molar-refractivity contribution in [3.05, 3.63) is 123 Å². The monoisotopic (exact) mass is 575 g/mol. The van der Waals surface area contributed by atoms with Crippen molar-refractivity contribution >= 4 is 5.91 Å². The van der Waals surface area contributed by atoms with Crippen LogP contribution in [0.25, 0.3) is 0 Å². The molecule has 6 rings (SSSR count). The van der Waals surface area contributed by atoms with Crippen LogP contribution >= 0.6 is 0 Å². The number of nitrogens with one attached hydrogen (secondary N) is 1. The zero-order valence-electron chi connectivity index (χ0n) is 22.5. The van der Waals surface area contributed by atoms with E-state index in [1.807, 2.05) is 54.6 Å². The number of para-hydroxylation sites is 1. The molecule has 1 saturated carbocycles. The SMILES string of the molecule is O=C([C@H](O)c1cccc(C(F)(F)F)c1)N1CCCc2nc(C3(c4cccc(Oc5ccccc5)c4)CC3)[nH]c(=O)c2C1. The average Bonchev–Trinajstić information content (AvgIpc) is 3.82. The second-order valence-electron chi connectivity index (χ2n) is 10.8. The Morgan fingerprint density at radius 2 is 1.74 bits per heavy atom. The number of carbonyl (C=O) groups excluding carboxylic acids is 1. The molecule has 216 valence electrons. The summed E-state index contributed by atoms with van der Waals surface area (Å²) in [5.74, 6) is 1.19. The van der Waals surface area contributed by atoms with E-state index in [0.29, 0.717) is 41.4 Å². The third-order valence-corrected chi connectivity index (χ3v) is 7.94. The molecule has 1 fully saturated rings. The quantitative estimate of drug-likeness (QED) is 0.309. The maximum atomic E-state index is 13.4. The number of H-pyrrole nitrogens is 1. The molecule has 4 aromatic rings. The lowest BCUT2D eigenvalue weighted by Gasteiger charge is -2.24. The number of fused-ring (bicyclic) bond motifs is 1. The molecule has 2 heterocycles.